The molecule has 0 spiro atoms. The molecule has 2 heterocycles. The Labute approximate surface area is 108 Å². The number of hydrogen-bond acceptors (Lipinski definition) is 7. The molecule has 0 fully saturated rings. The Morgan fingerprint density at radius 2 is 2.28 bits per heavy atom. The third-order valence-corrected chi connectivity index (χ3v) is 2.95. The first kappa shape index (κ1) is 12.6. The van der Waals surface area contributed by atoms with Crippen molar-refractivity contribution in [3.63, 3.8) is 0 Å². The third kappa shape index (κ3) is 3.07. The average molecular weight is 265 g/mol. The van der Waals surface area contributed by atoms with Crippen LogP contribution in [0.4, 0.5) is 0 Å². The van der Waals surface area contributed by atoms with Gasteiger partial charge >= 0.3 is 5.97 Å². The van der Waals surface area contributed by atoms with Crippen molar-refractivity contribution < 1.29 is 13.9 Å². The van der Waals surface area contributed by atoms with Gasteiger partial charge in [-0.1, -0.05) is 11.8 Å². The SMILES string of the molecule is COC(=O)c1ccc(CSc2nnc(C)o2)nc1. The van der Waals surface area contributed by atoms with E-state index in [1.54, 1.807) is 19.1 Å². The van der Waals surface area contributed by atoms with Gasteiger partial charge in [-0.2, -0.15) is 0 Å². The van der Waals surface area contributed by atoms with Crippen molar-refractivity contribution in [3.05, 3.63) is 35.5 Å². The van der Waals surface area contributed by atoms with Crippen LogP contribution in [0.5, 0.6) is 0 Å². The number of nitrogens with zero attached hydrogens (tertiary/aromatic N) is 3. The first-order valence-corrected chi connectivity index (χ1v) is 6.14. The topological polar surface area (TPSA) is 78.1 Å². The normalized spacial score (nSPS) is 10.3. The molecule has 0 saturated heterocycles. The van der Waals surface area contributed by atoms with Gasteiger partial charge in [-0.25, -0.2) is 4.79 Å². The molecule has 0 N–H and O–H groups in total. The summed E-state index contributed by atoms with van der Waals surface area (Å²) in [5.41, 5.74) is 1.25. The minimum atomic E-state index is -0.394. The summed E-state index contributed by atoms with van der Waals surface area (Å²) in [6.07, 6.45) is 1.49. The molecule has 0 bridgehead atoms. The molecule has 0 aromatic carbocycles. The Morgan fingerprint density at radius 1 is 1.44 bits per heavy atom. The van der Waals surface area contributed by atoms with E-state index in [-0.39, 0.29) is 0 Å². The molecule has 2 rings (SSSR count). The Bertz CT molecular complexity index is 539. The Balaban J connectivity index is 1.96. The number of carbonyl (C=O) groups excluding carboxylic acids is 1. The predicted octanol–water partition coefficient (Wildman–Crippen LogP) is 1.85. The van der Waals surface area contributed by atoms with E-state index in [1.807, 2.05) is 0 Å². The highest BCUT2D eigenvalue weighted by Crippen LogP contribution is 2.20. The number of aromatic nitrogens is 3. The van der Waals surface area contributed by atoms with Crippen molar-refractivity contribution >= 4 is 17.7 Å². The van der Waals surface area contributed by atoms with Gasteiger partial charge in [-0.05, 0) is 12.1 Å². The molecule has 0 aliphatic carbocycles. The average Bonchev–Trinajstić information content (AvgIpc) is 2.82. The number of thioether (sulfide) groups is 1. The van der Waals surface area contributed by atoms with Crippen molar-refractivity contribution in [1.29, 1.82) is 0 Å². The molecule has 2 aromatic rings. The van der Waals surface area contributed by atoms with Gasteiger partial charge in [0.05, 0.1) is 18.4 Å². The summed E-state index contributed by atoms with van der Waals surface area (Å²) in [6.45, 7) is 1.74. The lowest BCUT2D eigenvalue weighted by Gasteiger charge is -2.00. The van der Waals surface area contributed by atoms with Gasteiger partial charge in [0, 0.05) is 18.9 Å². The molecule has 0 radical (unpaired) electrons. The lowest BCUT2D eigenvalue weighted by atomic mass is 10.2. The minimum Gasteiger partial charge on any atom is -0.465 e. The maximum atomic E-state index is 11.2. The molecule has 7 heteroatoms. The lowest BCUT2D eigenvalue weighted by molar-refractivity contribution is 0.0600. The molecule has 6 nitrogen and oxygen atoms in total. The number of esters is 1. The number of hydrogen-bond donors (Lipinski definition) is 0. The molecule has 0 unspecified atom stereocenters. The zero-order chi connectivity index (χ0) is 13.0. The molecule has 0 atom stereocenters. The van der Waals surface area contributed by atoms with Gasteiger partial charge in [-0.15, -0.1) is 10.2 Å². The number of rotatable bonds is 4. The fourth-order valence-electron chi connectivity index (χ4n) is 1.22. The summed E-state index contributed by atoms with van der Waals surface area (Å²) in [4.78, 5) is 15.4. The van der Waals surface area contributed by atoms with Crippen LogP contribution >= 0.6 is 11.8 Å². The third-order valence-electron chi connectivity index (χ3n) is 2.10. The predicted molar refractivity (Wildman–Crippen MR) is 64.2 cm³/mol. The maximum absolute atomic E-state index is 11.2. The van der Waals surface area contributed by atoms with E-state index in [0.717, 1.165) is 5.69 Å². The second-order valence-corrected chi connectivity index (χ2v) is 4.33. The van der Waals surface area contributed by atoms with E-state index in [4.69, 9.17) is 4.42 Å². The fraction of sp³-hybridized carbons (Fsp3) is 0.273. The molecular weight excluding hydrogens is 254 g/mol. The number of methoxy groups -OCH3 is 1. The van der Waals surface area contributed by atoms with E-state index in [2.05, 4.69) is 19.9 Å². The molecular formula is C11H11N3O3S. The van der Waals surface area contributed by atoms with Crippen LogP contribution in [0.2, 0.25) is 0 Å². The summed E-state index contributed by atoms with van der Waals surface area (Å²) in [5, 5.41) is 8.10. The van der Waals surface area contributed by atoms with Crippen LogP contribution in [-0.2, 0) is 10.5 Å². The highest BCUT2D eigenvalue weighted by molar-refractivity contribution is 7.98. The van der Waals surface area contributed by atoms with Gasteiger partial charge in [-0.3, -0.25) is 4.98 Å². The molecule has 2 aromatic heterocycles. The van der Waals surface area contributed by atoms with Crippen LogP contribution in [0.15, 0.2) is 28.0 Å². The molecule has 0 aliphatic rings. The van der Waals surface area contributed by atoms with Crippen molar-refractivity contribution in [2.45, 2.75) is 17.9 Å². The second-order valence-electron chi connectivity index (χ2n) is 3.41. The van der Waals surface area contributed by atoms with Crippen LogP contribution < -0.4 is 0 Å². The molecule has 0 saturated carbocycles. The van der Waals surface area contributed by atoms with Crippen LogP contribution in [0, 0.1) is 6.92 Å². The zero-order valence-corrected chi connectivity index (χ0v) is 10.7. The van der Waals surface area contributed by atoms with Crippen LogP contribution in [0.25, 0.3) is 0 Å². The van der Waals surface area contributed by atoms with E-state index >= 15 is 0 Å². The number of ether oxygens (including phenoxy) is 1. The van der Waals surface area contributed by atoms with E-state index < -0.39 is 5.97 Å². The first-order chi connectivity index (χ1) is 8.69. The lowest BCUT2D eigenvalue weighted by Crippen LogP contribution is -2.02. The van der Waals surface area contributed by atoms with Gasteiger partial charge in [0.1, 0.15) is 0 Å². The maximum Gasteiger partial charge on any atom is 0.339 e. The van der Waals surface area contributed by atoms with Crippen LogP contribution in [-0.4, -0.2) is 28.3 Å². The smallest absolute Gasteiger partial charge is 0.339 e. The Morgan fingerprint density at radius 3 is 2.83 bits per heavy atom. The van der Waals surface area contributed by atoms with Crippen LogP contribution in [0.1, 0.15) is 21.9 Å². The summed E-state index contributed by atoms with van der Waals surface area (Å²) in [6, 6.07) is 3.44. The van der Waals surface area contributed by atoms with Gasteiger partial charge in [0.2, 0.25) is 5.89 Å². The van der Waals surface area contributed by atoms with E-state index in [1.165, 1.54) is 25.1 Å². The van der Waals surface area contributed by atoms with E-state index in [0.29, 0.717) is 22.4 Å². The van der Waals surface area contributed by atoms with Gasteiger partial charge in [0.25, 0.3) is 5.22 Å². The summed E-state index contributed by atoms with van der Waals surface area (Å²) < 4.78 is 9.81. The Kier molecular flexibility index (Phi) is 3.93. The Hall–Kier alpha value is -1.89. The van der Waals surface area contributed by atoms with Crippen LogP contribution in [0.3, 0.4) is 0 Å². The van der Waals surface area contributed by atoms with Crippen molar-refractivity contribution in [3.8, 4) is 0 Å². The standard InChI is InChI=1S/C11H11N3O3S/c1-7-13-14-11(17-7)18-6-9-4-3-8(5-12-9)10(15)16-2/h3-5H,6H2,1-2H3. The fourth-order valence-corrected chi connectivity index (χ4v) is 1.94. The number of carbonyl (C=O) groups is 1. The van der Waals surface area contributed by atoms with E-state index in [9.17, 15) is 4.79 Å². The molecule has 18 heavy (non-hydrogen) atoms. The molecule has 0 amide bonds. The summed E-state index contributed by atoms with van der Waals surface area (Å²) in [7, 11) is 1.34. The molecule has 94 valence electrons. The monoisotopic (exact) mass is 265 g/mol. The van der Waals surface area contributed by atoms with Gasteiger partial charge < -0.3 is 9.15 Å². The summed E-state index contributed by atoms with van der Waals surface area (Å²) >= 11 is 1.40. The second kappa shape index (κ2) is 5.63. The van der Waals surface area contributed by atoms with Crippen molar-refractivity contribution in [1.82, 2.24) is 15.2 Å². The minimum absolute atomic E-state index is 0.394. The van der Waals surface area contributed by atoms with Crippen molar-refractivity contribution in [2.75, 3.05) is 7.11 Å². The quantitative estimate of drug-likeness (QED) is 0.616. The number of aryl methyl sites for hydroxylation is 1. The first-order valence-electron chi connectivity index (χ1n) is 5.15. The molecule has 0 aliphatic heterocycles. The largest absolute Gasteiger partial charge is 0.465 e. The highest BCUT2D eigenvalue weighted by atomic mass is 32.2. The van der Waals surface area contributed by atoms with Gasteiger partial charge in [0.15, 0.2) is 0 Å². The highest BCUT2D eigenvalue weighted by Gasteiger charge is 2.07. The summed E-state index contributed by atoms with van der Waals surface area (Å²) in [5.74, 6) is 0.740. The zero-order valence-electron chi connectivity index (χ0n) is 9.91. The van der Waals surface area contributed by atoms with Crippen molar-refractivity contribution in [2.24, 2.45) is 0 Å². The number of pyridine rings is 1.